The van der Waals surface area contributed by atoms with E-state index < -0.39 is 0 Å². The second-order valence-corrected chi connectivity index (χ2v) is 3.91. The van der Waals surface area contributed by atoms with Crippen molar-refractivity contribution in [2.75, 3.05) is 7.11 Å². The number of aromatic nitrogens is 2. The van der Waals surface area contributed by atoms with E-state index in [9.17, 15) is 9.59 Å². The molecule has 5 heteroatoms. The van der Waals surface area contributed by atoms with Gasteiger partial charge in [-0.1, -0.05) is 0 Å². The largest absolute Gasteiger partial charge is 0.467 e. The van der Waals surface area contributed by atoms with E-state index in [1.165, 1.54) is 7.11 Å². The van der Waals surface area contributed by atoms with Gasteiger partial charge in [-0.25, -0.2) is 9.78 Å². The van der Waals surface area contributed by atoms with Gasteiger partial charge in [0.25, 0.3) is 0 Å². The van der Waals surface area contributed by atoms with Crippen LogP contribution in [0.4, 0.5) is 0 Å². The Morgan fingerprint density at radius 3 is 3.00 bits per heavy atom. The molecule has 0 radical (unpaired) electrons. The van der Waals surface area contributed by atoms with Crippen molar-refractivity contribution in [1.29, 1.82) is 0 Å². The van der Waals surface area contributed by atoms with Gasteiger partial charge in [-0.3, -0.25) is 4.79 Å². The number of carbonyl (C=O) groups excluding carboxylic acids is 2. The van der Waals surface area contributed by atoms with Crippen LogP contribution in [0.15, 0.2) is 0 Å². The van der Waals surface area contributed by atoms with Crippen molar-refractivity contribution in [1.82, 2.24) is 9.55 Å². The van der Waals surface area contributed by atoms with Crippen LogP contribution in [0.1, 0.15) is 40.9 Å². The normalized spacial score (nSPS) is 19.0. The zero-order valence-electron chi connectivity index (χ0n) is 9.40. The molecule has 2 rings (SSSR count). The standard InChI is InChI=1S/C11H14N2O3/c1-7-12-8(6-14)9-4-3-5-10(13(7)9)11(15)16-2/h6,10H,3-5H2,1-2H3. The lowest BCUT2D eigenvalue weighted by Gasteiger charge is -2.24. The average Bonchev–Trinajstić information content (AvgIpc) is 2.65. The first-order valence-corrected chi connectivity index (χ1v) is 5.29. The van der Waals surface area contributed by atoms with Crippen molar-refractivity contribution in [2.24, 2.45) is 0 Å². The first-order valence-electron chi connectivity index (χ1n) is 5.29. The maximum atomic E-state index is 11.6. The summed E-state index contributed by atoms with van der Waals surface area (Å²) in [5, 5.41) is 0. The number of esters is 1. The van der Waals surface area contributed by atoms with Crippen molar-refractivity contribution >= 4 is 12.3 Å². The molecule has 0 spiro atoms. The maximum Gasteiger partial charge on any atom is 0.328 e. The minimum atomic E-state index is -0.324. The number of methoxy groups -OCH3 is 1. The molecule has 0 N–H and O–H groups in total. The van der Waals surface area contributed by atoms with Crippen LogP contribution in [0.25, 0.3) is 0 Å². The molecule has 0 aliphatic carbocycles. The lowest BCUT2D eigenvalue weighted by atomic mass is 10.0. The summed E-state index contributed by atoms with van der Waals surface area (Å²) >= 11 is 0. The predicted molar refractivity (Wildman–Crippen MR) is 56.3 cm³/mol. The first kappa shape index (κ1) is 10.9. The Balaban J connectivity index is 2.49. The maximum absolute atomic E-state index is 11.6. The van der Waals surface area contributed by atoms with Crippen molar-refractivity contribution in [3.8, 4) is 0 Å². The fourth-order valence-electron chi connectivity index (χ4n) is 2.32. The number of rotatable bonds is 2. The van der Waals surface area contributed by atoms with Crippen LogP contribution in [0.3, 0.4) is 0 Å². The SMILES string of the molecule is COC(=O)C1CCCc2c(C=O)nc(C)n21. The van der Waals surface area contributed by atoms with Crippen LogP contribution < -0.4 is 0 Å². The third-order valence-electron chi connectivity index (χ3n) is 3.01. The number of hydrogen-bond donors (Lipinski definition) is 0. The van der Waals surface area contributed by atoms with Crippen molar-refractivity contribution < 1.29 is 14.3 Å². The van der Waals surface area contributed by atoms with Crippen LogP contribution in [0.5, 0.6) is 0 Å². The van der Waals surface area contributed by atoms with Gasteiger partial charge in [0.2, 0.25) is 0 Å². The van der Waals surface area contributed by atoms with Gasteiger partial charge in [-0.05, 0) is 26.2 Å². The molecule has 16 heavy (non-hydrogen) atoms. The lowest BCUT2D eigenvalue weighted by Crippen LogP contribution is -2.27. The summed E-state index contributed by atoms with van der Waals surface area (Å²) < 4.78 is 6.60. The van der Waals surface area contributed by atoms with Gasteiger partial charge in [0.1, 0.15) is 17.6 Å². The smallest absolute Gasteiger partial charge is 0.328 e. The van der Waals surface area contributed by atoms with Crippen LogP contribution in [0.2, 0.25) is 0 Å². The van der Waals surface area contributed by atoms with Crippen molar-refractivity contribution in [3.63, 3.8) is 0 Å². The number of carbonyl (C=O) groups is 2. The van der Waals surface area contributed by atoms with Crippen LogP contribution in [0, 0.1) is 6.92 Å². The van der Waals surface area contributed by atoms with Crippen molar-refractivity contribution in [2.45, 2.75) is 32.2 Å². The Morgan fingerprint density at radius 1 is 1.62 bits per heavy atom. The Hall–Kier alpha value is -1.65. The molecular formula is C11H14N2O3. The van der Waals surface area contributed by atoms with Crippen molar-refractivity contribution in [3.05, 3.63) is 17.2 Å². The number of aldehydes is 1. The zero-order valence-corrected chi connectivity index (χ0v) is 9.40. The highest BCUT2D eigenvalue weighted by molar-refractivity contribution is 5.77. The number of aryl methyl sites for hydroxylation is 1. The van der Waals surface area contributed by atoms with Crippen LogP contribution in [-0.2, 0) is 16.0 Å². The number of hydrogen-bond acceptors (Lipinski definition) is 4. The Bertz CT molecular complexity index is 437. The van der Waals surface area contributed by atoms with Gasteiger partial charge >= 0.3 is 5.97 Å². The molecule has 0 amide bonds. The Morgan fingerprint density at radius 2 is 2.38 bits per heavy atom. The van der Waals surface area contributed by atoms with Gasteiger partial charge < -0.3 is 9.30 Å². The van der Waals surface area contributed by atoms with E-state index in [0.29, 0.717) is 11.5 Å². The minimum Gasteiger partial charge on any atom is -0.467 e. The van der Waals surface area contributed by atoms with E-state index in [-0.39, 0.29) is 12.0 Å². The third-order valence-corrected chi connectivity index (χ3v) is 3.01. The summed E-state index contributed by atoms with van der Waals surface area (Å²) in [6.07, 6.45) is 3.17. The number of imidazole rings is 1. The predicted octanol–water partition coefficient (Wildman–Crippen LogP) is 1.05. The topological polar surface area (TPSA) is 61.2 Å². The van der Waals surface area contributed by atoms with Crippen LogP contribution >= 0.6 is 0 Å². The summed E-state index contributed by atoms with van der Waals surface area (Å²) in [5.41, 5.74) is 1.31. The molecule has 1 aromatic rings. The average molecular weight is 222 g/mol. The van der Waals surface area contributed by atoms with E-state index in [1.807, 2.05) is 4.57 Å². The molecule has 1 aromatic heterocycles. The van der Waals surface area contributed by atoms with Crippen LogP contribution in [-0.4, -0.2) is 28.9 Å². The highest BCUT2D eigenvalue weighted by atomic mass is 16.5. The zero-order chi connectivity index (χ0) is 11.7. The summed E-state index contributed by atoms with van der Waals surface area (Å²) in [7, 11) is 1.38. The van der Waals surface area contributed by atoms with E-state index in [2.05, 4.69) is 4.98 Å². The van der Waals surface area contributed by atoms with Gasteiger partial charge in [-0.2, -0.15) is 0 Å². The lowest BCUT2D eigenvalue weighted by molar-refractivity contribution is -0.145. The minimum absolute atomic E-state index is 0.265. The fraction of sp³-hybridized carbons (Fsp3) is 0.545. The summed E-state index contributed by atoms with van der Waals surface area (Å²) in [6, 6.07) is -0.324. The molecule has 5 nitrogen and oxygen atoms in total. The van der Waals surface area contributed by atoms with E-state index in [1.54, 1.807) is 6.92 Å². The second kappa shape index (κ2) is 4.08. The van der Waals surface area contributed by atoms with Gasteiger partial charge in [0.05, 0.1) is 7.11 Å². The molecule has 2 heterocycles. The van der Waals surface area contributed by atoms with Gasteiger partial charge in [0.15, 0.2) is 6.29 Å². The Labute approximate surface area is 93.4 Å². The summed E-state index contributed by atoms with van der Waals surface area (Å²) in [5.74, 6) is 0.436. The molecule has 1 aliphatic rings. The molecule has 0 saturated carbocycles. The molecule has 86 valence electrons. The molecule has 0 fully saturated rings. The molecule has 0 aromatic carbocycles. The summed E-state index contributed by atoms with van der Waals surface area (Å²) in [6.45, 7) is 1.80. The highest BCUT2D eigenvalue weighted by Crippen LogP contribution is 2.29. The highest BCUT2D eigenvalue weighted by Gasteiger charge is 2.30. The van der Waals surface area contributed by atoms with E-state index in [4.69, 9.17) is 4.74 Å². The quantitative estimate of drug-likeness (QED) is 0.554. The van der Waals surface area contributed by atoms with E-state index >= 15 is 0 Å². The third kappa shape index (κ3) is 1.52. The van der Waals surface area contributed by atoms with Gasteiger partial charge in [-0.15, -0.1) is 0 Å². The molecule has 0 saturated heterocycles. The fourth-order valence-corrected chi connectivity index (χ4v) is 2.32. The molecule has 1 atom stereocenters. The molecule has 0 bridgehead atoms. The summed E-state index contributed by atoms with van der Waals surface area (Å²) in [4.78, 5) is 26.6. The number of ether oxygens (including phenoxy) is 1. The van der Waals surface area contributed by atoms with Gasteiger partial charge in [0, 0.05) is 5.69 Å². The molecule has 1 unspecified atom stereocenters. The number of fused-ring (bicyclic) bond motifs is 1. The first-order chi connectivity index (χ1) is 7.69. The molecule has 1 aliphatic heterocycles. The monoisotopic (exact) mass is 222 g/mol. The Kier molecular flexibility index (Phi) is 2.77. The number of nitrogens with zero attached hydrogens (tertiary/aromatic N) is 2. The second-order valence-electron chi connectivity index (χ2n) is 3.91. The van der Waals surface area contributed by atoms with E-state index in [0.717, 1.165) is 31.2 Å². The molecular weight excluding hydrogens is 208 g/mol.